The Morgan fingerprint density at radius 1 is 1.00 bits per heavy atom. The molecule has 162 valence electrons. The number of fused-ring (bicyclic) bond motifs is 2. The van der Waals surface area contributed by atoms with E-state index in [2.05, 4.69) is 27.6 Å². The van der Waals surface area contributed by atoms with Gasteiger partial charge in [-0.25, -0.2) is 0 Å². The Kier molecular flexibility index (Phi) is 6.07. The number of amides is 1. The van der Waals surface area contributed by atoms with Gasteiger partial charge in [0.1, 0.15) is 5.75 Å². The minimum atomic E-state index is -0.128. The maximum absolute atomic E-state index is 12.4. The summed E-state index contributed by atoms with van der Waals surface area (Å²) in [5, 5.41) is 13.4. The summed E-state index contributed by atoms with van der Waals surface area (Å²) in [6.45, 7) is 0.203. The molecule has 1 heterocycles. The van der Waals surface area contributed by atoms with Crippen LogP contribution in [0.4, 0.5) is 5.69 Å². The highest BCUT2D eigenvalue weighted by Crippen LogP contribution is 2.26. The molecule has 1 aliphatic rings. The molecule has 0 spiro atoms. The van der Waals surface area contributed by atoms with Crippen LogP contribution in [-0.2, 0) is 24.2 Å². The molecule has 1 amide bonds. The largest absolute Gasteiger partial charge is 0.484 e. The SMILES string of the molecule is O=C(CSc1nnc(COc2ccc3c(c2)CCCC3)o1)Nc1cccc2ccccc12. The molecule has 0 bridgehead atoms. The van der Waals surface area contributed by atoms with E-state index in [9.17, 15) is 4.79 Å². The van der Waals surface area contributed by atoms with E-state index >= 15 is 0 Å². The van der Waals surface area contributed by atoms with E-state index in [1.165, 1.54) is 35.7 Å². The highest BCUT2D eigenvalue weighted by Gasteiger charge is 2.13. The fourth-order valence-electron chi connectivity index (χ4n) is 3.95. The third kappa shape index (κ3) is 4.78. The van der Waals surface area contributed by atoms with Crippen LogP contribution in [0.15, 0.2) is 70.3 Å². The Morgan fingerprint density at radius 2 is 1.84 bits per heavy atom. The predicted molar refractivity (Wildman–Crippen MR) is 125 cm³/mol. The summed E-state index contributed by atoms with van der Waals surface area (Å²) in [6, 6.07) is 20.0. The second kappa shape index (κ2) is 9.44. The standard InChI is InChI=1S/C25H23N3O3S/c29-23(26-22-11-5-9-18-7-3-4-10-21(18)22)16-32-25-28-27-24(31-25)15-30-20-13-12-17-6-1-2-8-19(17)14-20/h3-5,7,9-14H,1-2,6,8,15-16H2,(H,26,29). The topological polar surface area (TPSA) is 77.2 Å². The number of aryl methyl sites for hydroxylation is 2. The van der Waals surface area contributed by atoms with E-state index < -0.39 is 0 Å². The van der Waals surface area contributed by atoms with Gasteiger partial charge in [-0.15, -0.1) is 10.2 Å². The highest BCUT2D eigenvalue weighted by molar-refractivity contribution is 7.99. The van der Waals surface area contributed by atoms with Gasteiger partial charge in [0.15, 0.2) is 6.61 Å². The Bertz CT molecular complexity index is 1250. The van der Waals surface area contributed by atoms with E-state index in [0.717, 1.165) is 35.1 Å². The summed E-state index contributed by atoms with van der Waals surface area (Å²) in [4.78, 5) is 12.4. The molecule has 0 atom stereocenters. The van der Waals surface area contributed by atoms with E-state index in [1.54, 1.807) is 0 Å². The number of ether oxygens (including phenoxy) is 1. The maximum Gasteiger partial charge on any atom is 0.277 e. The number of carbonyl (C=O) groups is 1. The van der Waals surface area contributed by atoms with E-state index in [1.807, 2.05) is 48.5 Å². The van der Waals surface area contributed by atoms with Gasteiger partial charge in [-0.05, 0) is 60.4 Å². The summed E-state index contributed by atoms with van der Waals surface area (Å²) in [6.07, 6.45) is 4.74. The average molecular weight is 446 g/mol. The molecule has 32 heavy (non-hydrogen) atoms. The molecule has 4 aromatic rings. The van der Waals surface area contributed by atoms with Crippen molar-refractivity contribution in [1.82, 2.24) is 10.2 Å². The number of hydrogen-bond acceptors (Lipinski definition) is 6. The lowest BCUT2D eigenvalue weighted by molar-refractivity contribution is -0.113. The van der Waals surface area contributed by atoms with Crippen LogP contribution in [0.1, 0.15) is 29.9 Å². The van der Waals surface area contributed by atoms with Crippen LogP contribution in [0.5, 0.6) is 5.75 Å². The molecule has 6 nitrogen and oxygen atoms in total. The lowest BCUT2D eigenvalue weighted by Gasteiger charge is -2.16. The number of hydrogen-bond donors (Lipinski definition) is 1. The van der Waals surface area contributed by atoms with E-state index in [-0.39, 0.29) is 18.3 Å². The molecule has 0 unspecified atom stereocenters. The highest BCUT2D eigenvalue weighted by atomic mass is 32.2. The van der Waals surface area contributed by atoms with Gasteiger partial charge in [0.2, 0.25) is 5.91 Å². The van der Waals surface area contributed by atoms with Crippen molar-refractivity contribution in [1.29, 1.82) is 0 Å². The van der Waals surface area contributed by atoms with Crippen molar-refractivity contribution >= 4 is 34.1 Å². The van der Waals surface area contributed by atoms with Crippen LogP contribution in [0, 0.1) is 0 Å². The summed E-state index contributed by atoms with van der Waals surface area (Å²) in [7, 11) is 0. The molecular formula is C25H23N3O3S. The fourth-order valence-corrected chi connectivity index (χ4v) is 4.53. The molecule has 0 fully saturated rings. The third-order valence-corrected chi connectivity index (χ3v) is 6.34. The molecule has 0 radical (unpaired) electrons. The van der Waals surface area contributed by atoms with E-state index in [4.69, 9.17) is 9.15 Å². The Balaban J connectivity index is 1.14. The number of benzene rings is 3. The van der Waals surface area contributed by atoms with Crippen LogP contribution < -0.4 is 10.1 Å². The smallest absolute Gasteiger partial charge is 0.277 e. The maximum atomic E-state index is 12.4. The van der Waals surface area contributed by atoms with Crippen LogP contribution in [0.3, 0.4) is 0 Å². The Labute approximate surface area is 190 Å². The van der Waals surface area contributed by atoms with E-state index in [0.29, 0.717) is 11.1 Å². The van der Waals surface area contributed by atoms with Crippen LogP contribution in [-0.4, -0.2) is 21.9 Å². The van der Waals surface area contributed by atoms with Gasteiger partial charge in [0.25, 0.3) is 11.1 Å². The monoisotopic (exact) mass is 445 g/mol. The second-order valence-corrected chi connectivity index (χ2v) is 8.68. The van der Waals surface area contributed by atoms with Crippen LogP contribution in [0.2, 0.25) is 0 Å². The van der Waals surface area contributed by atoms with Crippen molar-refractivity contribution in [3.05, 3.63) is 77.7 Å². The zero-order valence-corrected chi connectivity index (χ0v) is 18.4. The molecule has 5 rings (SSSR count). The zero-order valence-electron chi connectivity index (χ0n) is 17.5. The lowest BCUT2D eigenvalue weighted by atomic mass is 9.92. The second-order valence-electron chi connectivity index (χ2n) is 7.75. The average Bonchev–Trinajstić information content (AvgIpc) is 3.29. The zero-order chi connectivity index (χ0) is 21.8. The molecule has 7 heteroatoms. The summed E-state index contributed by atoms with van der Waals surface area (Å²) in [5.41, 5.74) is 3.58. The third-order valence-electron chi connectivity index (χ3n) is 5.52. The molecular weight excluding hydrogens is 422 g/mol. The molecule has 0 saturated carbocycles. The minimum absolute atomic E-state index is 0.128. The van der Waals surface area contributed by atoms with Gasteiger partial charge in [-0.3, -0.25) is 4.79 Å². The first kappa shape index (κ1) is 20.6. The Hall–Kier alpha value is -3.32. The van der Waals surface area contributed by atoms with Gasteiger partial charge in [-0.2, -0.15) is 0 Å². The minimum Gasteiger partial charge on any atom is -0.484 e. The number of nitrogens with one attached hydrogen (secondary N) is 1. The lowest BCUT2D eigenvalue weighted by Crippen LogP contribution is -2.14. The van der Waals surface area contributed by atoms with Gasteiger partial charge < -0.3 is 14.5 Å². The quantitative estimate of drug-likeness (QED) is 0.383. The fraction of sp³-hybridized carbons (Fsp3) is 0.240. The summed E-state index contributed by atoms with van der Waals surface area (Å²) >= 11 is 1.21. The Morgan fingerprint density at radius 3 is 2.78 bits per heavy atom. The normalized spacial score (nSPS) is 13.0. The van der Waals surface area contributed by atoms with Crippen molar-refractivity contribution in [2.45, 2.75) is 37.5 Å². The molecule has 1 aromatic heterocycles. The van der Waals surface area contributed by atoms with Crippen molar-refractivity contribution in [2.24, 2.45) is 0 Å². The van der Waals surface area contributed by atoms with Gasteiger partial charge >= 0.3 is 0 Å². The van der Waals surface area contributed by atoms with Crippen molar-refractivity contribution in [3.8, 4) is 5.75 Å². The first-order valence-corrected chi connectivity index (χ1v) is 11.7. The molecule has 1 aliphatic carbocycles. The van der Waals surface area contributed by atoms with Crippen molar-refractivity contribution in [3.63, 3.8) is 0 Å². The number of nitrogens with zero attached hydrogens (tertiary/aromatic N) is 2. The number of carbonyl (C=O) groups excluding carboxylic acids is 1. The van der Waals surface area contributed by atoms with Crippen molar-refractivity contribution in [2.75, 3.05) is 11.1 Å². The van der Waals surface area contributed by atoms with Gasteiger partial charge in [0.05, 0.1) is 5.75 Å². The number of anilines is 1. The van der Waals surface area contributed by atoms with Crippen LogP contribution >= 0.6 is 11.8 Å². The predicted octanol–water partition coefficient (Wildman–Crippen LogP) is 5.41. The molecule has 0 aliphatic heterocycles. The summed E-state index contributed by atoms with van der Waals surface area (Å²) in [5.74, 6) is 1.25. The molecule has 3 aromatic carbocycles. The van der Waals surface area contributed by atoms with Crippen LogP contribution in [0.25, 0.3) is 10.8 Å². The van der Waals surface area contributed by atoms with Gasteiger partial charge in [0, 0.05) is 11.1 Å². The summed E-state index contributed by atoms with van der Waals surface area (Å²) < 4.78 is 11.5. The van der Waals surface area contributed by atoms with Gasteiger partial charge in [-0.1, -0.05) is 54.2 Å². The number of thioether (sulfide) groups is 1. The molecule has 0 saturated heterocycles. The number of aromatic nitrogens is 2. The first-order chi connectivity index (χ1) is 15.7. The molecule has 1 N–H and O–H groups in total. The first-order valence-electron chi connectivity index (χ1n) is 10.7. The van der Waals surface area contributed by atoms with Crippen molar-refractivity contribution < 1.29 is 13.9 Å². The number of rotatable bonds is 7.